The van der Waals surface area contributed by atoms with E-state index in [0.717, 1.165) is 34.6 Å². The average Bonchev–Trinajstić information content (AvgIpc) is 3.85. The number of rotatable bonds is 6. The maximum atomic E-state index is 12.2. The molecule has 7 N–H and O–H groups in total. The number of Topliss-reactive ketones (excluding diaryl/α,β-unsaturated/α-hetero) is 1. The van der Waals surface area contributed by atoms with Gasteiger partial charge in [-0.2, -0.15) is 5.10 Å². The van der Waals surface area contributed by atoms with Crippen LogP contribution in [0.15, 0.2) is 73.1 Å². The van der Waals surface area contributed by atoms with E-state index in [1.54, 1.807) is 11.6 Å². The van der Waals surface area contributed by atoms with Gasteiger partial charge in [0.05, 0.1) is 28.9 Å². The number of hydrogen-bond acceptors (Lipinski definition) is 12. The number of hydrogen-bond donors (Lipinski definition) is 5. The van der Waals surface area contributed by atoms with Crippen molar-refractivity contribution in [3.05, 3.63) is 84.3 Å². The first-order chi connectivity index (χ1) is 30.4. The Morgan fingerprint density at radius 2 is 1.30 bits per heavy atom. The average molecular weight is 877 g/mol. The van der Waals surface area contributed by atoms with Gasteiger partial charge in [0.2, 0.25) is 29.5 Å². The van der Waals surface area contributed by atoms with E-state index < -0.39 is 16.5 Å². The zero-order chi connectivity index (χ0) is 46.0. The van der Waals surface area contributed by atoms with Crippen LogP contribution in [-0.2, 0) is 43.8 Å². The Morgan fingerprint density at radius 1 is 0.781 bits per heavy atom. The Bertz CT molecular complexity index is 2310. The molecule has 0 unspecified atom stereocenters. The number of ether oxygens (including phenoxy) is 1. The number of fused-ring (bicyclic) bond motifs is 6. The van der Waals surface area contributed by atoms with E-state index in [1.807, 2.05) is 99.0 Å². The molecule has 6 amide bonds. The van der Waals surface area contributed by atoms with Crippen LogP contribution in [0, 0.1) is 30.1 Å². The Hall–Kier alpha value is -5.84. The molecule has 11 fully saturated rings. The zero-order valence-corrected chi connectivity index (χ0v) is 37.1. The predicted octanol–water partition coefficient (Wildman–Crippen LogP) is 3.27. The summed E-state index contributed by atoms with van der Waals surface area (Å²) in [6.45, 7) is 4.95. The second-order valence-electron chi connectivity index (χ2n) is 18.8. The van der Waals surface area contributed by atoms with E-state index in [1.165, 1.54) is 32.1 Å². The summed E-state index contributed by atoms with van der Waals surface area (Å²) in [6, 6.07) is 19.7. The van der Waals surface area contributed by atoms with E-state index in [2.05, 4.69) is 21.0 Å². The minimum Gasteiger partial charge on any atom is -0.383 e. The number of piperidine rings is 6. The lowest BCUT2D eigenvalue weighted by Crippen LogP contribution is -2.70. The molecule has 340 valence electrons. The SMILES string of the molecule is C1CCC2(CC1)CO2.CC(=O)/C(=C\N(C)C)c1ccccc1.Cc1nn(C23CC(C2)C(=O)NC3=O)cc1-c1ccccc1.NC12CC(C1)C(=O)NC2=O.NCC12CC(C1)C(=O)NC2=O. The lowest BCUT2D eigenvalue weighted by molar-refractivity contribution is -0.159. The number of aromatic nitrogens is 2. The van der Waals surface area contributed by atoms with Crippen molar-refractivity contribution in [2.45, 2.75) is 101 Å². The maximum Gasteiger partial charge on any atom is 0.254 e. The molecule has 4 aliphatic carbocycles. The fourth-order valence-electron chi connectivity index (χ4n) is 9.55. The van der Waals surface area contributed by atoms with Crippen molar-refractivity contribution >= 4 is 46.8 Å². The smallest absolute Gasteiger partial charge is 0.254 e. The van der Waals surface area contributed by atoms with E-state index in [-0.39, 0.29) is 59.0 Å². The van der Waals surface area contributed by atoms with Crippen molar-refractivity contribution < 1.29 is 38.3 Å². The van der Waals surface area contributed by atoms with Crippen molar-refractivity contribution in [3.8, 4) is 11.1 Å². The number of nitrogens with one attached hydrogen (secondary N) is 3. The van der Waals surface area contributed by atoms with E-state index in [9.17, 15) is 33.6 Å². The molecule has 2 aromatic carbocycles. The molecule has 0 radical (unpaired) electrons. The molecule has 14 rings (SSSR count). The second-order valence-corrected chi connectivity index (χ2v) is 18.8. The molecule has 1 aromatic heterocycles. The summed E-state index contributed by atoms with van der Waals surface area (Å²) in [5.74, 6) is -1.03. The monoisotopic (exact) mass is 876 g/mol. The Balaban J connectivity index is 0.000000125. The summed E-state index contributed by atoms with van der Waals surface area (Å²) in [7, 11) is 3.82. The van der Waals surface area contributed by atoms with Gasteiger partial charge in [0, 0.05) is 61.9 Å². The molecule has 7 aliphatic heterocycles. The number of carbonyl (C=O) groups is 7. The quantitative estimate of drug-likeness (QED) is 0.136. The van der Waals surface area contributed by atoms with Crippen LogP contribution in [0.4, 0.5) is 0 Å². The third-order valence-corrected chi connectivity index (χ3v) is 13.8. The van der Waals surface area contributed by atoms with E-state index >= 15 is 0 Å². The predicted molar refractivity (Wildman–Crippen MR) is 237 cm³/mol. The number of benzene rings is 2. The third-order valence-electron chi connectivity index (χ3n) is 13.8. The molecule has 1 spiro atoms. The molecular formula is C48H60N8O8. The lowest BCUT2D eigenvalue weighted by atomic mass is 9.58. The number of allylic oxidation sites excluding steroid dienone is 1. The van der Waals surface area contributed by atoms with Gasteiger partial charge in [-0.05, 0) is 76.3 Å². The fourth-order valence-corrected chi connectivity index (χ4v) is 9.55. The molecule has 16 nitrogen and oxygen atoms in total. The second kappa shape index (κ2) is 18.3. The number of imide groups is 3. The summed E-state index contributed by atoms with van der Waals surface area (Å²) >= 11 is 0. The summed E-state index contributed by atoms with van der Waals surface area (Å²) in [6.07, 6.45) is 14.2. The van der Waals surface area contributed by atoms with Crippen molar-refractivity contribution in [2.75, 3.05) is 27.2 Å². The topological polar surface area (TPSA) is 241 Å². The van der Waals surface area contributed by atoms with E-state index in [0.29, 0.717) is 50.7 Å². The molecule has 3 aromatic rings. The molecule has 64 heavy (non-hydrogen) atoms. The van der Waals surface area contributed by atoms with Gasteiger partial charge in [-0.3, -0.25) is 54.2 Å². The highest BCUT2D eigenvalue weighted by atomic mass is 16.6. The van der Waals surface area contributed by atoms with Gasteiger partial charge in [0.25, 0.3) is 5.91 Å². The number of ketones is 1. The Kier molecular flexibility index (Phi) is 13.2. The lowest BCUT2D eigenvalue weighted by Gasteiger charge is -2.49. The Labute approximate surface area is 373 Å². The summed E-state index contributed by atoms with van der Waals surface area (Å²) in [5.41, 5.74) is 14.4. The standard InChI is InChI=1S/C16H15N3O2.C12H15NO.C7H10N2O2.C7H12O.C6H8N2O2/c1-10-13(11-5-3-2-4-6-11)9-19(18-10)16-7-12(8-16)14(20)17-15(16)21;1-10(14)12(9-13(2)3)11-7-5-4-6-8-11;8-3-7-1-4(2-7)5(10)9-6(7)11;1-2-4-7(5-3-1)6-8-7;7-6-1-3(2-6)4(9)8-5(6)10/h2-6,9,12H,7-8H2,1H3,(H,17,20,21);4-9H,1-3H3;4H,1-3,8H2,(H,9,10,11);1-6H2;3H,1-2,7H2,(H,8,9,10)/b;12-9+;;;. The number of amides is 6. The van der Waals surface area contributed by atoms with Crippen LogP contribution >= 0.6 is 0 Å². The summed E-state index contributed by atoms with van der Waals surface area (Å²) in [4.78, 5) is 80.9. The van der Waals surface area contributed by atoms with Gasteiger partial charge >= 0.3 is 0 Å². The van der Waals surface area contributed by atoms with Gasteiger partial charge in [-0.25, -0.2) is 0 Å². The molecule has 0 atom stereocenters. The molecule has 7 saturated heterocycles. The summed E-state index contributed by atoms with van der Waals surface area (Å²) in [5, 5.41) is 11.5. The van der Waals surface area contributed by atoms with Crippen LogP contribution in [0.2, 0.25) is 0 Å². The number of epoxide rings is 1. The van der Waals surface area contributed by atoms with Gasteiger partial charge in [0.15, 0.2) is 5.78 Å². The highest BCUT2D eigenvalue weighted by Crippen LogP contribution is 2.49. The van der Waals surface area contributed by atoms with Crippen molar-refractivity contribution in [1.82, 2.24) is 30.6 Å². The van der Waals surface area contributed by atoms with Crippen LogP contribution in [0.5, 0.6) is 0 Å². The van der Waals surface area contributed by atoms with Gasteiger partial charge in [0.1, 0.15) is 5.54 Å². The van der Waals surface area contributed by atoms with Crippen LogP contribution in [-0.4, -0.2) is 94.3 Å². The molecule has 4 saturated carbocycles. The minimum absolute atomic E-state index is 0.00250. The van der Waals surface area contributed by atoms with Crippen molar-refractivity contribution in [3.63, 3.8) is 0 Å². The third kappa shape index (κ3) is 9.49. The molecule has 6 bridgehead atoms. The first-order valence-corrected chi connectivity index (χ1v) is 22.2. The number of aryl methyl sites for hydroxylation is 1. The molecule has 16 heteroatoms. The largest absolute Gasteiger partial charge is 0.383 e. The maximum absolute atomic E-state index is 12.2. The van der Waals surface area contributed by atoms with Crippen molar-refractivity contribution in [2.24, 2.45) is 34.6 Å². The van der Waals surface area contributed by atoms with Crippen LogP contribution < -0.4 is 27.4 Å². The zero-order valence-electron chi connectivity index (χ0n) is 37.1. The normalized spacial score (nSPS) is 29.5. The minimum atomic E-state index is -0.710. The molecule has 8 heterocycles. The number of carbonyl (C=O) groups excluding carboxylic acids is 7. The number of nitrogens with zero attached hydrogens (tertiary/aromatic N) is 3. The van der Waals surface area contributed by atoms with Crippen molar-refractivity contribution in [1.29, 1.82) is 0 Å². The summed E-state index contributed by atoms with van der Waals surface area (Å²) < 4.78 is 7.09. The van der Waals surface area contributed by atoms with Gasteiger partial charge < -0.3 is 21.1 Å². The van der Waals surface area contributed by atoms with E-state index in [4.69, 9.17) is 16.2 Å². The van der Waals surface area contributed by atoms with Crippen LogP contribution in [0.1, 0.15) is 88.8 Å². The first kappa shape index (κ1) is 46.2. The van der Waals surface area contributed by atoms with Crippen LogP contribution in [0.3, 0.4) is 0 Å². The van der Waals surface area contributed by atoms with Gasteiger partial charge in [-0.1, -0.05) is 79.9 Å². The molecule has 11 aliphatic rings. The van der Waals surface area contributed by atoms with Gasteiger partial charge in [-0.15, -0.1) is 0 Å². The van der Waals surface area contributed by atoms with Crippen LogP contribution in [0.25, 0.3) is 16.7 Å². The fraction of sp³-hybridized carbons (Fsp3) is 0.500. The first-order valence-electron chi connectivity index (χ1n) is 22.2. The molecular weight excluding hydrogens is 817 g/mol. The highest BCUT2D eigenvalue weighted by Gasteiger charge is 2.60. The highest BCUT2D eigenvalue weighted by molar-refractivity contribution is 6.19. The Morgan fingerprint density at radius 3 is 1.75 bits per heavy atom. The number of nitrogens with two attached hydrogens (primary N) is 2.